The van der Waals surface area contributed by atoms with Gasteiger partial charge in [-0.1, -0.05) is 39.7 Å². The maximum absolute atomic E-state index is 11.8. The number of carbonyl (C=O) groups is 1. The molecule has 0 saturated carbocycles. The molecule has 6 heteroatoms. The third-order valence-electron chi connectivity index (χ3n) is 6.67. The van der Waals surface area contributed by atoms with Crippen LogP contribution < -0.4 is 10.1 Å². The molecule has 1 unspecified atom stereocenters. The van der Waals surface area contributed by atoms with Crippen molar-refractivity contribution in [3.8, 4) is 5.88 Å². The van der Waals surface area contributed by atoms with E-state index in [-0.39, 0.29) is 17.6 Å². The number of ether oxygens (including phenoxy) is 2. The lowest BCUT2D eigenvalue weighted by Gasteiger charge is -2.32. The Morgan fingerprint density at radius 1 is 1.21 bits per heavy atom. The molecule has 2 heterocycles. The van der Waals surface area contributed by atoms with E-state index in [0.29, 0.717) is 24.8 Å². The minimum atomic E-state index is 0.000165. The van der Waals surface area contributed by atoms with E-state index in [9.17, 15) is 4.79 Å². The summed E-state index contributed by atoms with van der Waals surface area (Å²) in [6.45, 7) is 14.7. The Morgan fingerprint density at radius 2 is 1.94 bits per heavy atom. The molecule has 188 valence electrons. The summed E-state index contributed by atoms with van der Waals surface area (Å²) >= 11 is 0. The number of hydrogen-bond acceptors (Lipinski definition) is 5. The average molecular weight is 462 g/mol. The van der Waals surface area contributed by atoms with Gasteiger partial charge in [-0.15, -0.1) is 0 Å². The number of aromatic nitrogens is 1. The first-order valence-corrected chi connectivity index (χ1v) is 12.8. The van der Waals surface area contributed by atoms with Crippen LogP contribution >= 0.6 is 0 Å². The predicted octanol–water partition coefficient (Wildman–Crippen LogP) is 5.21. The lowest BCUT2D eigenvalue weighted by atomic mass is 9.94. The smallest absolute Gasteiger partial charge is 0.220 e. The fourth-order valence-corrected chi connectivity index (χ4v) is 4.18. The largest absolute Gasteiger partial charge is 0.474 e. The summed E-state index contributed by atoms with van der Waals surface area (Å²) in [5.74, 6) is 1.89. The van der Waals surface area contributed by atoms with Crippen LogP contribution in [0.1, 0.15) is 85.1 Å². The van der Waals surface area contributed by atoms with Gasteiger partial charge in [-0.3, -0.25) is 4.79 Å². The van der Waals surface area contributed by atoms with E-state index in [4.69, 9.17) is 9.47 Å². The van der Waals surface area contributed by atoms with E-state index in [1.807, 2.05) is 26.0 Å². The third-order valence-corrected chi connectivity index (χ3v) is 6.67. The van der Waals surface area contributed by atoms with Gasteiger partial charge in [0, 0.05) is 45.4 Å². The number of hydrogen-bond donors (Lipinski definition) is 1. The second-order valence-electron chi connectivity index (χ2n) is 10.8. The van der Waals surface area contributed by atoms with Gasteiger partial charge >= 0.3 is 0 Å². The monoisotopic (exact) mass is 461 g/mol. The maximum Gasteiger partial charge on any atom is 0.220 e. The molecule has 1 aliphatic rings. The van der Waals surface area contributed by atoms with Gasteiger partial charge in [-0.2, -0.15) is 0 Å². The van der Waals surface area contributed by atoms with Crippen molar-refractivity contribution in [1.82, 2.24) is 15.2 Å². The van der Waals surface area contributed by atoms with E-state index in [1.165, 1.54) is 25.8 Å². The lowest BCUT2D eigenvalue weighted by Crippen LogP contribution is -2.39. The molecule has 1 saturated heterocycles. The van der Waals surface area contributed by atoms with Crippen LogP contribution in [0.5, 0.6) is 5.88 Å². The molecule has 0 aliphatic carbocycles. The van der Waals surface area contributed by atoms with E-state index >= 15 is 0 Å². The van der Waals surface area contributed by atoms with Gasteiger partial charge in [0.05, 0.1) is 5.60 Å². The van der Waals surface area contributed by atoms with Crippen molar-refractivity contribution in [3.63, 3.8) is 0 Å². The molecular weight excluding hydrogens is 414 g/mol. The van der Waals surface area contributed by atoms with Crippen molar-refractivity contribution in [3.05, 3.63) is 23.9 Å². The Morgan fingerprint density at radius 3 is 2.55 bits per heavy atom. The van der Waals surface area contributed by atoms with Crippen molar-refractivity contribution in [2.24, 2.45) is 11.8 Å². The number of nitrogens with one attached hydrogen (secondary N) is 1. The minimum absolute atomic E-state index is 0.000165. The first-order valence-electron chi connectivity index (χ1n) is 12.8. The predicted molar refractivity (Wildman–Crippen MR) is 134 cm³/mol. The molecule has 0 bridgehead atoms. The van der Waals surface area contributed by atoms with Gasteiger partial charge in [-0.25, -0.2) is 4.98 Å². The summed E-state index contributed by atoms with van der Waals surface area (Å²) in [4.78, 5) is 18.8. The van der Waals surface area contributed by atoms with Crippen LogP contribution in [0.2, 0.25) is 0 Å². The van der Waals surface area contributed by atoms with Crippen molar-refractivity contribution in [1.29, 1.82) is 0 Å². The Kier molecular flexibility index (Phi) is 11.6. The highest BCUT2D eigenvalue weighted by Gasteiger charge is 2.21. The summed E-state index contributed by atoms with van der Waals surface area (Å²) in [6.07, 6.45) is 9.57. The minimum Gasteiger partial charge on any atom is -0.474 e. The molecule has 1 aliphatic heterocycles. The maximum atomic E-state index is 11.8. The number of likely N-dealkylation sites (tertiary alicyclic amines) is 1. The molecule has 1 aromatic rings. The number of piperidine rings is 1. The normalized spacial score (nSPS) is 16.7. The second kappa shape index (κ2) is 13.9. The van der Waals surface area contributed by atoms with Crippen molar-refractivity contribution >= 4 is 5.91 Å². The van der Waals surface area contributed by atoms with E-state index in [2.05, 4.69) is 36.0 Å². The lowest BCUT2D eigenvalue weighted by molar-refractivity contribution is -0.121. The molecule has 6 nitrogen and oxygen atoms in total. The number of amides is 1. The molecule has 1 amide bonds. The number of pyridine rings is 1. The number of methoxy groups -OCH3 is 1. The zero-order chi connectivity index (χ0) is 24.3. The standard InChI is InChI=1S/C27H47N3O3/c1-21(2)18-25(31)28-19-23-9-10-26(29-20-23)33-24-12-16-30(17-13-24)15-11-22(3)8-7-14-27(4,5)32-6/h9-10,20-22,24H,7-8,11-19H2,1-6H3,(H,28,31). The summed E-state index contributed by atoms with van der Waals surface area (Å²) < 4.78 is 11.6. The Balaban J connectivity index is 1.61. The number of carbonyl (C=O) groups excluding carboxylic acids is 1. The highest BCUT2D eigenvalue weighted by atomic mass is 16.5. The van der Waals surface area contributed by atoms with Crippen LogP contribution in [-0.2, 0) is 16.1 Å². The van der Waals surface area contributed by atoms with Crippen LogP contribution in [0.3, 0.4) is 0 Å². The second-order valence-corrected chi connectivity index (χ2v) is 10.8. The van der Waals surface area contributed by atoms with Gasteiger partial charge in [0.25, 0.3) is 0 Å². The highest BCUT2D eigenvalue weighted by Crippen LogP contribution is 2.22. The Bertz CT molecular complexity index is 682. The third kappa shape index (κ3) is 11.3. The number of nitrogens with zero attached hydrogens (tertiary/aromatic N) is 2. The average Bonchev–Trinajstić information content (AvgIpc) is 2.77. The summed E-state index contributed by atoms with van der Waals surface area (Å²) in [7, 11) is 1.80. The first kappa shape index (κ1) is 27.6. The highest BCUT2D eigenvalue weighted by molar-refractivity contribution is 5.76. The van der Waals surface area contributed by atoms with Gasteiger partial charge in [-0.05, 0) is 63.5 Å². The summed E-state index contributed by atoms with van der Waals surface area (Å²) in [5.41, 5.74) is 0.995. The molecule has 0 spiro atoms. The van der Waals surface area contributed by atoms with Crippen LogP contribution in [-0.4, -0.2) is 54.2 Å². The van der Waals surface area contributed by atoms with Crippen LogP contribution in [0, 0.1) is 11.8 Å². The van der Waals surface area contributed by atoms with Gasteiger partial charge < -0.3 is 19.7 Å². The Labute approximate surface area is 201 Å². The summed E-state index contributed by atoms with van der Waals surface area (Å²) in [6, 6.07) is 3.91. The molecule has 1 fully saturated rings. The molecular formula is C27H47N3O3. The van der Waals surface area contributed by atoms with Crippen molar-refractivity contribution in [2.75, 3.05) is 26.7 Å². The SMILES string of the molecule is COC(C)(C)CCCC(C)CCN1CCC(Oc2ccc(CNC(=O)CC(C)C)cn2)CC1. The number of rotatable bonds is 14. The summed E-state index contributed by atoms with van der Waals surface area (Å²) in [5, 5.41) is 2.95. The Hall–Kier alpha value is -1.66. The van der Waals surface area contributed by atoms with Crippen LogP contribution in [0.25, 0.3) is 0 Å². The van der Waals surface area contributed by atoms with Gasteiger partial charge in [0.1, 0.15) is 6.10 Å². The first-order chi connectivity index (χ1) is 15.7. The zero-order valence-corrected chi connectivity index (χ0v) is 21.9. The van der Waals surface area contributed by atoms with E-state index < -0.39 is 0 Å². The van der Waals surface area contributed by atoms with Crippen LogP contribution in [0.4, 0.5) is 0 Å². The molecule has 1 atom stereocenters. The van der Waals surface area contributed by atoms with Gasteiger partial charge in [0.2, 0.25) is 11.8 Å². The quantitative estimate of drug-likeness (QED) is 0.412. The fourth-order valence-electron chi connectivity index (χ4n) is 4.18. The topological polar surface area (TPSA) is 63.7 Å². The molecule has 1 N–H and O–H groups in total. The van der Waals surface area contributed by atoms with Crippen molar-refractivity contribution < 1.29 is 14.3 Å². The zero-order valence-electron chi connectivity index (χ0n) is 21.9. The van der Waals surface area contributed by atoms with E-state index in [1.54, 1.807) is 13.3 Å². The molecule has 33 heavy (non-hydrogen) atoms. The van der Waals surface area contributed by atoms with E-state index in [0.717, 1.165) is 43.8 Å². The van der Waals surface area contributed by atoms with Crippen molar-refractivity contribution in [2.45, 2.75) is 97.8 Å². The molecule has 0 radical (unpaired) electrons. The van der Waals surface area contributed by atoms with Gasteiger partial charge in [0.15, 0.2) is 0 Å². The fraction of sp³-hybridized carbons (Fsp3) is 0.778. The molecule has 1 aromatic heterocycles. The van der Waals surface area contributed by atoms with Crippen LogP contribution in [0.15, 0.2) is 18.3 Å². The molecule has 2 rings (SSSR count). The molecule has 0 aromatic carbocycles.